The number of hydrogen-bond donors (Lipinski definition) is 1. The van der Waals surface area contributed by atoms with E-state index in [0.717, 1.165) is 19.3 Å². The molecule has 3 heteroatoms. The van der Waals surface area contributed by atoms with Crippen molar-refractivity contribution in [3.05, 3.63) is 220 Å². The molecule has 3 heterocycles. The van der Waals surface area contributed by atoms with E-state index in [4.69, 9.17) is 0 Å². The highest BCUT2D eigenvalue weighted by atomic mass is 14.9. The van der Waals surface area contributed by atoms with Crippen LogP contribution in [0.15, 0.2) is 53.5 Å². The first-order valence-electron chi connectivity index (χ1n) is 32.1. The van der Waals surface area contributed by atoms with Crippen LogP contribution in [-0.2, 0) is 49.6 Å². The molecule has 0 spiro atoms. The molecule has 3 aromatic heterocycles. The second-order valence-electron chi connectivity index (χ2n) is 29.2. The van der Waals surface area contributed by atoms with Crippen molar-refractivity contribution in [1.29, 1.82) is 0 Å². The first-order chi connectivity index (χ1) is 40.0. The minimum atomic E-state index is -0.0137. The first kappa shape index (κ1) is 62.2. The topological polar surface area (TPSA) is 25.6 Å². The number of nitrogens with zero attached hydrogens (tertiary/aromatic N) is 2. The van der Waals surface area contributed by atoms with Crippen molar-refractivity contribution in [1.82, 2.24) is 14.1 Å². The van der Waals surface area contributed by atoms with Crippen LogP contribution in [0.4, 0.5) is 0 Å². The molecule has 3 aliphatic carbocycles. The smallest absolute Gasteiger partial charge is 0.0516 e. The minimum Gasteiger partial charge on any atom is -0.361 e. The SMILES string of the molecule is Cc1cc2c(c(C)c1C)C=C(C(C)(C)c1c(C)c(C)c(C)c3[nH]cc(C)c13)C2.Cc1cc2c(c(C)c1C)C=C(C(C)(C)c1c(C)c(C)c(C)c3c1c(C)cn3C)C2.Cc1cc2c(c(C)c1C)C=C(C(C)(C)c1c(C)c(C)c(C)c3c1c(C)cn3C)C2. The standard InChI is InChI=1S/2C28H35N.C27H33N/c2*1-15-11-22-12-23(13-24(22)19(5)17(15)3)28(8,9)26-20(6)18(4)21(7)27-25(26)16(2)14-29(27)10;1-14-10-21-11-22(12-23(21)18(5)16(14)3)27(8,9)25-19(6)17(4)20(7)26-24(25)15(2)13-28-26/h2*11,13-14H,12H2,1-10H3;10,12-13,28H,11H2,1-9H3. The second-order valence-corrected chi connectivity index (χ2v) is 29.2. The fourth-order valence-electron chi connectivity index (χ4n) is 16.7. The lowest BCUT2D eigenvalue weighted by molar-refractivity contribution is 0.615. The van der Waals surface area contributed by atoms with Gasteiger partial charge in [-0.15, -0.1) is 0 Å². The summed E-state index contributed by atoms with van der Waals surface area (Å²) in [6, 6.07) is 7.23. The molecular weight excluding hydrogens is 1040 g/mol. The maximum Gasteiger partial charge on any atom is 0.0516 e. The van der Waals surface area contributed by atoms with Gasteiger partial charge in [0.15, 0.2) is 0 Å². The van der Waals surface area contributed by atoms with Crippen molar-refractivity contribution in [3.8, 4) is 0 Å². The summed E-state index contributed by atoms with van der Waals surface area (Å²) in [5, 5.41) is 4.34. The molecule has 0 radical (unpaired) electrons. The second kappa shape index (κ2) is 21.5. The van der Waals surface area contributed by atoms with Crippen molar-refractivity contribution < 1.29 is 0 Å². The monoisotopic (exact) mass is 1140 g/mol. The molecule has 450 valence electrons. The fourth-order valence-corrected chi connectivity index (χ4v) is 16.7. The van der Waals surface area contributed by atoms with Gasteiger partial charge in [-0.25, -0.2) is 0 Å². The number of hydrogen-bond acceptors (Lipinski definition) is 0. The molecule has 12 rings (SSSR count). The largest absolute Gasteiger partial charge is 0.361 e. The number of benzene rings is 6. The van der Waals surface area contributed by atoms with Crippen LogP contribution in [0, 0.1) is 145 Å². The van der Waals surface area contributed by atoms with Crippen LogP contribution in [0.3, 0.4) is 0 Å². The van der Waals surface area contributed by atoms with Crippen molar-refractivity contribution >= 4 is 50.9 Å². The predicted molar refractivity (Wildman–Crippen MR) is 377 cm³/mol. The number of aromatic nitrogens is 3. The average molecular weight is 1140 g/mol. The maximum atomic E-state index is 3.55. The van der Waals surface area contributed by atoms with Gasteiger partial charge < -0.3 is 14.1 Å². The summed E-state index contributed by atoms with van der Waals surface area (Å²) in [6.07, 6.45) is 17.4. The van der Waals surface area contributed by atoms with Crippen molar-refractivity contribution in [3.63, 3.8) is 0 Å². The van der Waals surface area contributed by atoms with Crippen LogP contribution in [0.1, 0.15) is 208 Å². The first-order valence-corrected chi connectivity index (χ1v) is 32.1. The summed E-state index contributed by atoms with van der Waals surface area (Å²) in [4.78, 5) is 3.55. The van der Waals surface area contributed by atoms with E-state index in [1.165, 1.54) is 216 Å². The highest BCUT2D eigenvalue weighted by Crippen LogP contribution is 2.51. The Balaban J connectivity index is 0.000000143. The Morgan fingerprint density at radius 3 is 0.919 bits per heavy atom. The Morgan fingerprint density at radius 1 is 0.314 bits per heavy atom. The van der Waals surface area contributed by atoms with Gasteiger partial charge in [-0.05, 0) is 332 Å². The van der Waals surface area contributed by atoms with Crippen LogP contribution in [0.5, 0.6) is 0 Å². The van der Waals surface area contributed by atoms with Gasteiger partial charge in [0.25, 0.3) is 0 Å². The van der Waals surface area contributed by atoms with Gasteiger partial charge in [0.05, 0.1) is 11.0 Å². The van der Waals surface area contributed by atoms with Crippen LogP contribution < -0.4 is 0 Å². The van der Waals surface area contributed by atoms with E-state index in [2.05, 4.69) is 270 Å². The van der Waals surface area contributed by atoms with Crippen LogP contribution in [-0.4, -0.2) is 14.1 Å². The summed E-state index contributed by atoms with van der Waals surface area (Å²) < 4.78 is 4.64. The van der Waals surface area contributed by atoms with Crippen LogP contribution in [0.25, 0.3) is 50.9 Å². The molecule has 3 aliphatic rings. The fraction of sp³-hybridized carbons (Fsp3) is 0.422. The quantitative estimate of drug-likeness (QED) is 0.172. The Morgan fingerprint density at radius 2 is 0.605 bits per heavy atom. The molecule has 9 aromatic rings. The highest BCUT2D eigenvalue weighted by Gasteiger charge is 2.38. The number of nitrogens with one attached hydrogen (secondary N) is 1. The molecule has 6 aromatic carbocycles. The molecule has 0 bridgehead atoms. The zero-order valence-corrected chi connectivity index (χ0v) is 58.7. The molecule has 0 amide bonds. The van der Waals surface area contributed by atoms with E-state index in [9.17, 15) is 0 Å². The molecule has 0 atom stereocenters. The number of allylic oxidation sites excluding steroid dienone is 3. The van der Waals surface area contributed by atoms with Crippen molar-refractivity contribution in [2.24, 2.45) is 14.1 Å². The van der Waals surface area contributed by atoms with E-state index in [0.29, 0.717) is 0 Å². The van der Waals surface area contributed by atoms with Gasteiger partial charge >= 0.3 is 0 Å². The Bertz CT molecular complexity index is 4310. The average Bonchev–Trinajstić information content (AvgIpc) is 1.68. The lowest BCUT2D eigenvalue weighted by atomic mass is 9.72. The molecule has 1 N–H and O–H groups in total. The lowest BCUT2D eigenvalue weighted by Crippen LogP contribution is -2.23. The number of fused-ring (bicyclic) bond motifs is 6. The van der Waals surface area contributed by atoms with Gasteiger partial charge in [0.2, 0.25) is 0 Å². The van der Waals surface area contributed by atoms with E-state index < -0.39 is 0 Å². The summed E-state index contributed by atoms with van der Waals surface area (Å²) in [5.74, 6) is 0. The van der Waals surface area contributed by atoms with Gasteiger partial charge in [0, 0.05) is 70.6 Å². The highest BCUT2D eigenvalue weighted by molar-refractivity contribution is 5.96. The van der Waals surface area contributed by atoms with Gasteiger partial charge in [-0.3, -0.25) is 0 Å². The third-order valence-corrected chi connectivity index (χ3v) is 23.4. The van der Waals surface area contributed by atoms with E-state index in [1.54, 1.807) is 0 Å². The van der Waals surface area contributed by atoms with Gasteiger partial charge in [0.1, 0.15) is 0 Å². The van der Waals surface area contributed by atoms with E-state index in [-0.39, 0.29) is 16.2 Å². The molecular formula is C83H103N3. The number of aryl methyl sites for hydroxylation is 11. The third-order valence-electron chi connectivity index (χ3n) is 23.4. The van der Waals surface area contributed by atoms with Crippen LogP contribution in [0.2, 0.25) is 0 Å². The zero-order valence-electron chi connectivity index (χ0n) is 58.7. The summed E-state index contributed by atoms with van der Waals surface area (Å²) in [6.45, 7) is 62.3. The Hall–Kier alpha value is -6.84. The summed E-state index contributed by atoms with van der Waals surface area (Å²) >= 11 is 0. The number of aromatic amines is 1. The molecule has 0 saturated heterocycles. The molecule has 0 saturated carbocycles. The third kappa shape index (κ3) is 9.40. The minimum absolute atomic E-state index is 0.0129. The summed E-state index contributed by atoms with van der Waals surface area (Å²) in [7, 11) is 4.38. The van der Waals surface area contributed by atoms with Crippen molar-refractivity contribution in [2.75, 3.05) is 0 Å². The normalized spacial score (nSPS) is 13.9. The molecule has 3 nitrogen and oxygen atoms in total. The molecule has 0 aliphatic heterocycles. The van der Waals surface area contributed by atoms with Crippen LogP contribution >= 0.6 is 0 Å². The van der Waals surface area contributed by atoms with E-state index >= 15 is 0 Å². The van der Waals surface area contributed by atoms with E-state index in [1.807, 2.05) is 0 Å². The number of rotatable bonds is 6. The Kier molecular flexibility index (Phi) is 15.5. The molecule has 86 heavy (non-hydrogen) atoms. The summed E-state index contributed by atoms with van der Waals surface area (Å²) in [5.41, 5.74) is 51.9. The van der Waals surface area contributed by atoms with Crippen molar-refractivity contribution in [2.45, 2.75) is 222 Å². The Labute approximate surface area is 519 Å². The maximum absolute atomic E-state index is 3.55. The molecule has 0 fully saturated rings. The molecule has 0 unspecified atom stereocenters. The van der Waals surface area contributed by atoms with Gasteiger partial charge in [-0.1, -0.05) is 94.7 Å². The lowest BCUT2D eigenvalue weighted by Gasteiger charge is -2.32. The number of H-pyrrole nitrogens is 1. The predicted octanol–water partition coefficient (Wildman–Crippen LogP) is 21.8. The van der Waals surface area contributed by atoms with Gasteiger partial charge in [-0.2, -0.15) is 0 Å². The zero-order chi connectivity index (χ0) is 63.4.